The van der Waals surface area contributed by atoms with Gasteiger partial charge in [0.05, 0.1) is 18.8 Å². The molecule has 10 nitrogen and oxygen atoms in total. The molecule has 8 atom stereocenters. The summed E-state index contributed by atoms with van der Waals surface area (Å²) in [5.74, 6) is -1.30. The Balaban J connectivity index is 1.65. The Kier molecular flexibility index (Phi) is 8.00. The molecule has 2 aliphatic carbocycles. The first-order valence-electron chi connectivity index (χ1n) is 14.7. The van der Waals surface area contributed by atoms with E-state index in [2.05, 4.69) is 11.9 Å². The van der Waals surface area contributed by atoms with Gasteiger partial charge in [-0.3, -0.25) is 14.6 Å². The molecule has 0 bridgehead atoms. The van der Waals surface area contributed by atoms with Gasteiger partial charge in [-0.2, -0.15) is 0 Å². The first-order valence-corrected chi connectivity index (χ1v) is 14.7. The molecule has 2 aromatic heterocycles. The van der Waals surface area contributed by atoms with E-state index in [0.29, 0.717) is 31.4 Å². The van der Waals surface area contributed by atoms with Crippen LogP contribution >= 0.6 is 0 Å². The van der Waals surface area contributed by atoms with Crippen LogP contribution in [0.25, 0.3) is 11.3 Å². The summed E-state index contributed by atoms with van der Waals surface area (Å²) in [7, 11) is 0. The summed E-state index contributed by atoms with van der Waals surface area (Å²) in [6.07, 6.45) is 3.47. The number of hydrogen-bond donors (Lipinski definition) is 1. The van der Waals surface area contributed by atoms with E-state index in [1.165, 1.54) is 13.8 Å². The molecule has 0 radical (unpaired) electrons. The predicted octanol–water partition coefficient (Wildman–Crippen LogP) is 4.62. The molecule has 2 fully saturated rings. The van der Waals surface area contributed by atoms with Crippen molar-refractivity contribution in [2.75, 3.05) is 13.2 Å². The van der Waals surface area contributed by atoms with Gasteiger partial charge in [-0.15, -0.1) is 0 Å². The number of esters is 2. The van der Waals surface area contributed by atoms with Crippen molar-refractivity contribution in [3.63, 3.8) is 0 Å². The number of fused-ring (bicyclic) bond motifs is 4. The maximum absolute atomic E-state index is 13.5. The van der Waals surface area contributed by atoms with E-state index in [1.54, 1.807) is 30.6 Å². The number of rotatable bonds is 7. The molecule has 3 heterocycles. The van der Waals surface area contributed by atoms with Gasteiger partial charge in [0.2, 0.25) is 0 Å². The number of carbonyl (C=O) groups is 2. The smallest absolute Gasteiger partial charge is 0.345 e. The summed E-state index contributed by atoms with van der Waals surface area (Å²) in [4.78, 5) is 42.0. The van der Waals surface area contributed by atoms with Gasteiger partial charge in [0.1, 0.15) is 28.8 Å². The molecule has 3 aliphatic rings. The lowest BCUT2D eigenvalue weighted by atomic mass is 9.42. The lowest BCUT2D eigenvalue weighted by Gasteiger charge is -2.66. The second-order valence-electron chi connectivity index (χ2n) is 12.7. The van der Waals surface area contributed by atoms with E-state index >= 15 is 0 Å². The Morgan fingerprint density at radius 2 is 1.93 bits per heavy atom. The van der Waals surface area contributed by atoms with Gasteiger partial charge in [-0.05, 0) is 56.1 Å². The third-order valence-corrected chi connectivity index (χ3v) is 9.95. The van der Waals surface area contributed by atoms with Crippen LogP contribution in [-0.2, 0) is 23.8 Å². The molecule has 2 aromatic rings. The maximum Gasteiger partial charge on any atom is 0.345 e. The van der Waals surface area contributed by atoms with Gasteiger partial charge in [-0.25, -0.2) is 4.79 Å². The van der Waals surface area contributed by atoms with Gasteiger partial charge < -0.3 is 28.5 Å². The monoisotopic (exact) mass is 583 g/mol. The Morgan fingerprint density at radius 1 is 1.17 bits per heavy atom. The van der Waals surface area contributed by atoms with Crippen molar-refractivity contribution < 1.29 is 38.1 Å². The Hall–Kier alpha value is -3.24. The summed E-state index contributed by atoms with van der Waals surface area (Å²) in [5.41, 5.74) is -2.53. The lowest BCUT2D eigenvalue weighted by molar-refractivity contribution is -0.272. The number of hydrogen-bond acceptors (Lipinski definition) is 10. The number of nitrogens with zero attached hydrogens (tertiary/aromatic N) is 1. The van der Waals surface area contributed by atoms with Crippen molar-refractivity contribution in [2.24, 2.45) is 22.7 Å². The van der Waals surface area contributed by atoms with Gasteiger partial charge in [0, 0.05) is 55.8 Å². The van der Waals surface area contributed by atoms with Crippen LogP contribution in [0.5, 0.6) is 5.75 Å². The van der Waals surface area contributed by atoms with E-state index in [9.17, 15) is 19.5 Å². The van der Waals surface area contributed by atoms with Crippen LogP contribution in [0, 0.1) is 22.7 Å². The zero-order valence-corrected chi connectivity index (χ0v) is 25.2. The Labute approximate surface area is 245 Å². The Bertz CT molecular complexity index is 1390. The normalized spacial score (nSPS) is 35.2. The van der Waals surface area contributed by atoms with E-state index < -0.39 is 52.1 Å². The molecule has 0 spiro atoms. The summed E-state index contributed by atoms with van der Waals surface area (Å²) in [6, 6.07) is 5.09. The third kappa shape index (κ3) is 4.92. The number of aliphatic hydroxyl groups is 1. The highest BCUT2D eigenvalue weighted by molar-refractivity contribution is 5.66. The highest BCUT2D eigenvalue weighted by Crippen LogP contribution is 2.67. The lowest BCUT2D eigenvalue weighted by Crippen LogP contribution is -2.71. The van der Waals surface area contributed by atoms with Gasteiger partial charge in [-0.1, -0.05) is 20.8 Å². The number of ether oxygens (including phenoxy) is 4. The average molecular weight is 584 g/mol. The third-order valence-electron chi connectivity index (χ3n) is 9.95. The zero-order chi connectivity index (χ0) is 30.4. The summed E-state index contributed by atoms with van der Waals surface area (Å²) in [5, 5.41) is 12.1. The highest BCUT2D eigenvalue weighted by Gasteiger charge is 2.70. The summed E-state index contributed by atoms with van der Waals surface area (Å²) in [6.45, 7) is 11.4. The van der Waals surface area contributed by atoms with Crippen LogP contribution in [0.4, 0.5) is 0 Å². The SMILES string of the molecule is CCCO[C@H]1CC[C@@]2(C)C(C[C@H](OC(C)=O)[C@@]3(C)Oc4cc(-c5cccnc5)oc(=O)c4[C@H](O)C23)[C@]1(C)COC(C)=O. The van der Waals surface area contributed by atoms with E-state index in [1.807, 2.05) is 20.8 Å². The fourth-order valence-corrected chi connectivity index (χ4v) is 8.18. The first kappa shape index (κ1) is 30.2. The molecule has 228 valence electrons. The van der Waals surface area contributed by atoms with E-state index in [4.69, 9.17) is 23.4 Å². The van der Waals surface area contributed by atoms with Crippen LogP contribution in [0.15, 0.2) is 39.8 Å². The molecule has 5 rings (SSSR count). The molecular formula is C32H41NO9. The van der Waals surface area contributed by atoms with Crippen LogP contribution in [0.3, 0.4) is 0 Å². The fourth-order valence-electron chi connectivity index (χ4n) is 8.18. The van der Waals surface area contributed by atoms with Crippen molar-refractivity contribution in [2.45, 2.75) is 91.1 Å². The second kappa shape index (κ2) is 11.1. The standard InChI is InChI=1S/C32H41NO9/c1-7-13-38-24-10-11-30(4)23(31(24,5)17-39-18(2)34)15-25(40-19(3)35)32(6)28(30)27(36)26-22(42-32)14-21(41-29(26)37)20-9-8-12-33-16-20/h8-9,12,14,16,23-25,27-28,36H,7,10-11,13,15,17H2,1-6H3/t23?,24-,25-,27-,28?,30-,31-,32+/m0/s1. The number of carbonyl (C=O) groups excluding carboxylic acids is 2. The minimum absolute atomic E-state index is 0.0413. The molecule has 0 aromatic carbocycles. The van der Waals surface area contributed by atoms with Gasteiger partial charge >= 0.3 is 17.6 Å². The number of pyridine rings is 1. The van der Waals surface area contributed by atoms with Crippen LogP contribution < -0.4 is 10.4 Å². The van der Waals surface area contributed by atoms with Gasteiger partial charge in [0.15, 0.2) is 0 Å². The van der Waals surface area contributed by atoms with Crippen molar-refractivity contribution in [3.05, 3.63) is 46.6 Å². The topological polar surface area (TPSA) is 134 Å². The zero-order valence-electron chi connectivity index (χ0n) is 25.2. The minimum atomic E-state index is -1.27. The molecule has 0 saturated heterocycles. The second-order valence-corrected chi connectivity index (χ2v) is 12.7. The molecule has 10 heteroatoms. The van der Waals surface area contributed by atoms with E-state index in [-0.39, 0.29) is 35.7 Å². The fraction of sp³-hybridized carbons (Fsp3) is 0.625. The largest absolute Gasteiger partial charge is 0.482 e. The maximum atomic E-state index is 13.5. The highest BCUT2D eigenvalue weighted by atomic mass is 16.6. The van der Waals surface area contributed by atoms with Crippen molar-refractivity contribution in [1.29, 1.82) is 0 Å². The molecule has 0 amide bonds. The van der Waals surface area contributed by atoms with Crippen molar-refractivity contribution in [3.8, 4) is 17.1 Å². The molecule has 2 unspecified atom stereocenters. The van der Waals surface area contributed by atoms with Crippen molar-refractivity contribution >= 4 is 11.9 Å². The van der Waals surface area contributed by atoms with Crippen molar-refractivity contribution in [1.82, 2.24) is 4.98 Å². The van der Waals surface area contributed by atoms with E-state index in [0.717, 1.165) is 6.42 Å². The Morgan fingerprint density at radius 3 is 2.57 bits per heavy atom. The molecule has 42 heavy (non-hydrogen) atoms. The van der Waals surface area contributed by atoms with Crippen LogP contribution in [0.1, 0.15) is 78.9 Å². The molecule has 1 N–H and O–H groups in total. The summed E-state index contributed by atoms with van der Waals surface area (Å²) < 4.78 is 30.3. The molecular weight excluding hydrogens is 542 g/mol. The minimum Gasteiger partial charge on any atom is -0.482 e. The number of aliphatic hydroxyl groups excluding tert-OH is 1. The predicted molar refractivity (Wildman–Crippen MR) is 151 cm³/mol. The first-order chi connectivity index (χ1) is 19.8. The van der Waals surface area contributed by atoms with Gasteiger partial charge in [0.25, 0.3) is 0 Å². The molecule has 2 saturated carbocycles. The van der Waals surface area contributed by atoms with Crippen LogP contribution in [-0.4, -0.2) is 53.1 Å². The average Bonchev–Trinajstić information content (AvgIpc) is 2.92. The van der Waals surface area contributed by atoms with Crippen LogP contribution in [0.2, 0.25) is 0 Å². The molecule has 1 aliphatic heterocycles. The number of aromatic nitrogens is 1. The summed E-state index contributed by atoms with van der Waals surface area (Å²) >= 11 is 0. The quantitative estimate of drug-likeness (QED) is 0.460.